The summed E-state index contributed by atoms with van der Waals surface area (Å²) in [6.07, 6.45) is 0. The maximum absolute atomic E-state index is 12.5. The second-order valence-corrected chi connectivity index (χ2v) is 11.9. The second kappa shape index (κ2) is 17.8. The summed E-state index contributed by atoms with van der Waals surface area (Å²) < 4.78 is 25.2. The number of benzene rings is 4. The average Bonchev–Trinajstić information content (AvgIpc) is 3.55. The Morgan fingerprint density at radius 1 is 0.692 bits per heavy atom. The number of nitrogens with two attached hydrogens (primary N) is 1. The molecule has 6 aromatic rings. The van der Waals surface area contributed by atoms with Crippen LogP contribution in [0, 0.1) is 13.8 Å². The van der Waals surface area contributed by atoms with Gasteiger partial charge in [0.15, 0.2) is 0 Å². The molecule has 16 nitrogen and oxygen atoms in total. The zero-order valence-corrected chi connectivity index (χ0v) is 31.7. The van der Waals surface area contributed by atoms with Gasteiger partial charge in [-0.3, -0.25) is 9.59 Å². The Kier molecular flexibility index (Phi) is 14.1. The number of carboxylic acids is 1. The third-order valence-electron chi connectivity index (χ3n) is 6.88. The molecule has 0 fully saturated rings. The van der Waals surface area contributed by atoms with Crippen LogP contribution in [0.15, 0.2) is 138 Å². The van der Waals surface area contributed by atoms with Gasteiger partial charge in [0.25, 0.3) is 11.1 Å². The summed E-state index contributed by atoms with van der Waals surface area (Å²) in [7, 11) is -3.99. The van der Waals surface area contributed by atoms with E-state index in [1.807, 2.05) is 6.07 Å². The first-order chi connectivity index (χ1) is 23.8. The number of carbonyl (C=O) groups is 1. The minimum Gasteiger partial charge on any atom is -0.871 e. The number of hydrogen-bond acceptors (Lipinski definition) is 11. The van der Waals surface area contributed by atoms with E-state index in [0.29, 0.717) is 22.8 Å². The number of hydrogen-bond donors (Lipinski definition) is 1. The van der Waals surface area contributed by atoms with Crippen molar-refractivity contribution in [1.29, 1.82) is 0 Å². The summed E-state index contributed by atoms with van der Waals surface area (Å²) in [5.74, 6) is -1.91. The van der Waals surface area contributed by atoms with Gasteiger partial charge in [-0.2, -0.15) is 5.11 Å². The smallest absolute Gasteiger partial charge is 0.871 e. The van der Waals surface area contributed by atoms with Gasteiger partial charge in [0.2, 0.25) is 10.0 Å². The van der Waals surface area contributed by atoms with Crippen molar-refractivity contribution in [3.63, 3.8) is 0 Å². The molecule has 2 aromatic heterocycles. The molecule has 0 aliphatic carbocycles. The van der Waals surface area contributed by atoms with Crippen LogP contribution in [0.2, 0.25) is 0 Å². The fraction of sp³-hybridized carbons (Fsp3) is 0.0606. The van der Waals surface area contributed by atoms with E-state index in [0.717, 1.165) is 18.2 Å². The van der Waals surface area contributed by atoms with Crippen molar-refractivity contribution in [2.45, 2.75) is 18.7 Å². The summed E-state index contributed by atoms with van der Waals surface area (Å²) in [5, 5.41) is 51.5. The molecule has 6 rings (SSSR count). The standard InChI is InChI=1S/C17H14N4O3.C16H15N5O4S.Cr.Na/c1-11-15(16(22)21(20-11)12-7-3-2-4-8-12)19-18-14-10-6-5-9-13(14)17(23)24;1-10-15(16(23)21(20-10)11-5-3-2-4-6-11)19-18-13-9-12(26(17,24)25)7-8-14(13)22;;/h2-10H,1H3,(H2,18,20,22,23,24);2-9H,1H3,(H4,17,18,19,20,22,23,24,25);;/q;;+3;+1/p-4. The topological polar surface area (TPSA) is 245 Å². The van der Waals surface area contributed by atoms with Crippen molar-refractivity contribution >= 4 is 38.7 Å². The molecule has 52 heavy (non-hydrogen) atoms. The van der Waals surface area contributed by atoms with E-state index in [1.54, 1.807) is 80.6 Å². The van der Waals surface area contributed by atoms with Crippen molar-refractivity contribution in [2.75, 3.05) is 0 Å². The van der Waals surface area contributed by atoms with E-state index in [2.05, 4.69) is 30.7 Å². The fourth-order valence-corrected chi connectivity index (χ4v) is 4.94. The number of aryl methyl sites for hydroxylation is 2. The minimum atomic E-state index is -3.99. The molecule has 2 heterocycles. The summed E-state index contributed by atoms with van der Waals surface area (Å²) in [4.78, 5) is 35.7. The molecule has 1 radical (unpaired) electrons. The van der Waals surface area contributed by atoms with Crippen molar-refractivity contribution < 1.29 is 70.3 Å². The van der Waals surface area contributed by atoms with Gasteiger partial charge in [0, 0.05) is 16.9 Å². The zero-order valence-electron chi connectivity index (χ0n) is 27.6. The van der Waals surface area contributed by atoms with E-state index in [4.69, 9.17) is 5.14 Å². The Morgan fingerprint density at radius 3 is 1.60 bits per heavy atom. The van der Waals surface area contributed by atoms with Crippen molar-refractivity contribution in [3.8, 4) is 17.1 Å². The van der Waals surface area contributed by atoms with E-state index in [1.165, 1.54) is 21.5 Å². The van der Waals surface area contributed by atoms with Gasteiger partial charge in [-0.1, -0.05) is 80.3 Å². The van der Waals surface area contributed by atoms with Crippen LogP contribution in [0.3, 0.4) is 0 Å². The van der Waals surface area contributed by atoms with Gasteiger partial charge in [-0.15, -0.1) is 26.7 Å². The number of primary sulfonamides is 1. The molecule has 0 aliphatic heterocycles. The molecule has 0 saturated heterocycles. The van der Waals surface area contributed by atoms with Gasteiger partial charge in [-0.05, 0) is 42.5 Å². The molecule has 0 aliphatic rings. The molecule has 0 unspecified atom stereocenters. The van der Waals surface area contributed by atoms with Crippen LogP contribution in [0.25, 0.3) is 11.4 Å². The molecule has 0 amide bonds. The van der Waals surface area contributed by atoms with Crippen molar-refractivity contribution in [2.24, 2.45) is 25.6 Å². The Labute approximate surface area is 328 Å². The van der Waals surface area contributed by atoms with Crippen molar-refractivity contribution in [3.05, 3.63) is 141 Å². The Hall–Kier alpha value is -5.19. The maximum atomic E-state index is 12.5. The molecular formula is C33H25CrN9NaO7S. The molecule has 2 N–H and O–H groups in total. The number of para-hydroxylation sites is 2. The fourth-order valence-electron chi connectivity index (χ4n) is 4.41. The SMILES string of the molecule is Cc1[n-]n(-c2ccccc2)c(=O)c1N=Nc1cc(S(N)(=O)=O)ccc1[O-].Cc1[n-]n(-c2ccccc2)c(=O)c1N=Nc1ccccc1C(=O)[O-].[Cr+3].[Na+]. The molecule has 257 valence electrons. The first-order valence-corrected chi connectivity index (χ1v) is 16.0. The summed E-state index contributed by atoms with van der Waals surface area (Å²) in [6.45, 7) is 3.22. The number of aromatic carboxylic acids is 1. The number of nitrogens with zero attached hydrogens (tertiary/aromatic N) is 8. The van der Waals surface area contributed by atoms with E-state index in [9.17, 15) is 33.0 Å². The summed E-state index contributed by atoms with van der Waals surface area (Å²) in [6, 6.07) is 26.8. The Morgan fingerprint density at radius 2 is 1.13 bits per heavy atom. The van der Waals surface area contributed by atoms with Gasteiger partial charge < -0.3 is 34.6 Å². The Balaban J connectivity index is 0.000000271. The monoisotopic (exact) mass is 766 g/mol. The number of azo groups is 2. The predicted octanol–water partition coefficient (Wildman–Crippen LogP) is 0.123. The van der Waals surface area contributed by atoms with Gasteiger partial charge in [-0.25, -0.2) is 13.6 Å². The third kappa shape index (κ3) is 9.57. The Bertz CT molecular complexity index is 2480. The summed E-state index contributed by atoms with van der Waals surface area (Å²) in [5.41, 5.74) is 0.747. The molecule has 0 spiro atoms. The molecular weight excluding hydrogens is 741 g/mol. The van der Waals surface area contributed by atoms with Crippen molar-refractivity contribution in [1.82, 2.24) is 19.6 Å². The van der Waals surface area contributed by atoms with Gasteiger partial charge in [0.05, 0.1) is 22.2 Å². The van der Waals surface area contributed by atoms with Crippen LogP contribution < -0.4 is 66.2 Å². The first kappa shape index (κ1) is 41.2. The van der Waals surface area contributed by atoms with Crippen LogP contribution in [0.1, 0.15) is 21.7 Å². The zero-order chi connectivity index (χ0) is 36.0. The molecule has 0 atom stereocenters. The minimum absolute atomic E-state index is 0. The normalized spacial score (nSPS) is 11.1. The van der Waals surface area contributed by atoms with E-state index < -0.39 is 32.9 Å². The van der Waals surface area contributed by atoms with E-state index in [-0.39, 0.29) is 80.1 Å². The third-order valence-corrected chi connectivity index (χ3v) is 7.79. The quantitative estimate of drug-likeness (QED) is 0.163. The summed E-state index contributed by atoms with van der Waals surface area (Å²) >= 11 is 0. The molecule has 4 aromatic carbocycles. The van der Waals surface area contributed by atoms with Crippen LogP contribution in [-0.4, -0.2) is 23.8 Å². The first-order valence-electron chi connectivity index (χ1n) is 14.5. The predicted molar refractivity (Wildman–Crippen MR) is 177 cm³/mol. The largest absolute Gasteiger partial charge is 3.00 e. The number of sulfonamides is 1. The van der Waals surface area contributed by atoms with Crippen LogP contribution in [0.4, 0.5) is 22.7 Å². The number of carboxylic acid groups (broad SMARTS) is 1. The van der Waals surface area contributed by atoms with Gasteiger partial charge in [0.1, 0.15) is 11.4 Å². The second-order valence-electron chi connectivity index (χ2n) is 10.4. The van der Waals surface area contributed by atoms with Crippen LogP contribution in [0.5, 0.6) is 5.75 Å². The number of aromatic nitrogens is 4. The van der Waals surface area contributed by atoms with Crippen LogP contribution >= 0.6 is 0 Å². The molecule has 0 bridgehead atoms. The average molecular weight is 767 g/mol. The molecule has 19 heteroatoms. The maximum Gasteiger partial charge on any atom is 3.00 e. The number of carbonyl (C=O) groups excluding carboxylic acids is 1. The van der Waals surface area contributed by atoms with E-state index >= 15 is 0 Å². The van der Waals surface area contributed by atoms with Gasteiger partial charge >= 0.3 is 46.9 Å². The number of rotatable bonds is 8. The molecule has 0 saturated carbocycles. The van der Waals surface area contributed by atoms with Crippen LogP contribution in [-0.2, 0) is 27.4 Å².